The third kappa shape index (κ3) is 4.71. The van der Waals surface area contributed by atoms with Crippen molar-refractivity contribution < 1.29 is 4.74 Å². The topological polar surface area (TPSA) is 15.7 Å². The maximum absolute atomic E-state index is 5.42. The Morgan fingerprint density at radius 1 is 1.04 bits per heavy atom. The van der Waals surface area contributed by atoms with Crippen molar-refractivity contribution in [2.24, 2.45) is 0 Å². The summed E-state index contributed by atoms with van der Waals surface area (Å²) in [6.45, 7) is 9.99. The first-order valence-corrected chi connectivity index (χ1v) is 9.53. The van der Waals surface area contributed by atoms with E-state index in [1.54, 1.807) is 5.56 Å². The fraction of sp³-hybridized carbons (Fsp3) is 0.700. The van der Waals surface area contributed by atoms with Crippen molar-refractivity contribution >= 4 is 5.69 Å². The molecule has 1 fully saturated rings. The number of hydrogen-bond donors (Lipinski definition) is 0. The number of fused-ring (bicyclic) bond motifs is 1. The van der Waals surface area contributed by atoms with Gasteiger partial charge < -0.3 is 9.64 Å². The highest BCUT2D eigenvalue weighted by atomic mass is 16.5. The maximum Gasteiger partial charge on any atom is 0.0594 e. The molecule has 23 heavy (non-hydrogen) atoms. The lowest BCUT2D eigenvalue weighted by Gasteiger charge is -2.31. The zero-order chi connectivity index (χ0) is 15.9. The van der Waals surface area contributed by atoms with Gasteiger partial charge in [0.2, 0.25) is 0 Å². The molecular formula is C20H32N2O. The molecule has 0 bridgehead atoms. The van der Waals surface area contributed by atoms with Crippen LogP contribution in [-0.2, 0) is 17.6 Å². The predicted molar refractivity (Wildman–Crippen MR) is 97.5 cm³/mol. The van der Waals surface area contributed by atoms with Crippen molar-refractivity contribution in [3.63, 3.8) is 0 Å². The van der Waals surface area contributed by atoms with E-state index in [1.807, 2.05) is 0 Å². The molecule has 1 saturated heterocycles. The zero-order valence-electron chi connectivity index (χ0n) is 14.7. The van der Waals surface area contributed by atoms with E-state index >= 15 is 0 Å². The SMILES string of the molecule is CCCCN1CCCc2cc(CCCN3CCOCC3)ccc21. The minimum atomic E-state index is 0.909. The van der Waals surface area contributed by atoms with Gasteiger partial charge in [0.05, 0.1) is 13.2 Å². The van der Waals surface area contributed by atoms with Gasteiger partial charge in [0.1, 0.15) is 0 Å². The van der Waals surface area contributed by atoms with E-state index in [4.69, 9.17) is 4.74 Å². The average Bonchev–Trinajstić information content (AvgIpc) is 2.60. The molecule has 0 aliphatic carbocycles. The monoisotopic (exact) mass is 316 g/mol. The first-order valence-electron chi connectivity index (χ1n) is 9.53. The molecule has 1 aromatic rings. The van der Waals surface area contributed by atoms with Crippen LogP contribution in [0.5, 0.6) is 0 Å². The number of aryl methyl sites for hydroxylation is 2. The largest absolute Gasteiger partial charge is 0.379 e. The van der Waals surface area contributed by atoms with Crippen LogP contribution in [0.2, 0.25) is 0 Å². The van der Waals surface area contributed by atoms with E-state index < -0.39 is 0 Å². The molecule has 3 nitrogen and oxygen atoms in total. The Bertz CT molecular complexity index is 483. The summed E-state index contributed by atoms with van der Waals surface area (Å²) in [6.07, 6.45) is 7.63. The van der Waals surface area contributed by atoms with Gasteiger partial charge in [-0.25, -0.2) is 0 Å². The summed E-state index contributed by atoms with van der Waals surface area (Å²) < 4.78 is 5.42. The van der Waals surface area contributed by atoms with Gasteiger partial charge in [-0.1, -0.05) is 25.5 Å². The maximum atomic E-state index is 5.42. The zero-order valence-corrected chi connectivity index (χ0v) is 14.7. The molecule has 0 N–H and O–H groups in total. The smallest absolute Gasteiger partial charge is 0.0594 e. The lowest BCUT2D eigenvalue weighted by molar-refractivity contribution is 0.0375. The third-order valence-corrected chi connectivity index (χ3v) is 5.18. The molecule has 128 valence electrons. The van der Waals surface area contributed by atoms with Gasteiger partial charge in [0.25, 0.3) is 0 Å². The normalized spacial score (nSPS) is 18.9. The summed E-state index contributed by atoms with van der Waals surface area (Å²) in [4.78, 5) is 5.13. The van der Waals surface area contributed by atoms with Crippen LogP contribution in [0.15, 0.2) is 18.2 Å². The van der Waals surface area contributed by atoms with E-state index in [2.05, 4.69) is 34.9 Å². The van der Waals surface area contributed by atoms with Crippen molar-refractivity contribution in [3.05, 3.63) is 29.3 Å². The molecule has 2 aliphatic rings. The molecule has 3 heteroatoms. The molecule has 3 rings (SSSR count). The highest BCUT2D eigenvalue weighted by Crippen LogP contribution is 2.28. The lowest BCUT2D eigenvalue weighted by Crippen LogP contribution is -2.36. The number of unbranched alkanes of at least 4 members (excludes halogenated alkanes) is 1. The van der Waals surface area contributed by atoms with Crippen LogP contribution in [0.1, 0.15) is 43.7 Å². The quantitative estimate of drug-likeness (QED) is 0.766. The summed E-state index contributed by atoms with van der Waals surface area (Å²) in [7, 11) is 0. The van der Waals surface area contributed by atoms with Crippen molar-refractivity contribution in [1.82, 2.24) is 4.90 Å². The van der Waals surface area contributed by atoms with E-state index in [1.165, 1.54) is 69.4 Å². The van der Waals surface area contributed by atoms with Gasteiger partial charge in [-0.2, -0.15) is 0 Å². The Morgan fingerprint density at radius 2 is 1.91 bits per heavy atom. The van der Waals surface area contributed by atoms with E-state index in [9.17, 15) is 0 Å². The van der Waals surface area contributed by atoms with Crippen molar-refractivity contribution in [2.75, 3.05) is 50.8 Å². The molecule has 0 aromatic heterocycles. The first-order chi connectivity index (χ1) is 11.4. The molecular weight excluding hydrogens is 284 g/mol. The molecule has 2 heterocycles. The Morgan fingerprint density at radius 3 is 2.74 bits per heavy atom. The molecule has 1 aromatic carbocycles. The van der Waals surface area contributed by atoms with Crippen LogP contribution >= 0.6 is 0 Å². The van der Waals surface area contributed by atoms with E-state index in [0.717, 1.165) is 26.3 Å². The highest BCUT2D eigenvalue weighted by Gasteiger charge is 2.16. The Labute approximate surface area is 141 Å². The second-order valence-electron chi connectivity index (χ2n) is 6.96. The highest BCUT2D eigenvalue weighted by molar-refractivity contribution is 5.56. The molecule has 0 spiro atoms. The third-order valence-electron chi connectivity index (χ3n) is 5.18. The standard InChI is InChI=1S/C20H32N2O/c1-2-3-11-22-12-5-7-19-17-18(8-9-20(19)22)6-4-10-21-13-15-23-16-14-21/h8-9,17H,2-7,10-16H2,1H3. The molecule has 0 radical (unpaired) electrons. The Balaban J connectivity index is 1.53. The second kappa shape index (κ2) is 8.70. The van der Waals surface area contributed by atoms with Gasteiger partial charge in [-0.3, -0.25) is 4.90 Å². The minimum Gasteiger partial charge on any atom is -0.379 e. The Hall–Kier alpha value is -1.06. The summed E-state index contributed by atoms with van der Waals surface area (Å²) in [5, 5.41) is 0. The summed E-state index contributed by atoms with van der Waals surface area (Å²) in [5.74, 6) is 0. The van der Waals surface area contributed by atoms with Crippen LogP contribution in [0.4, 0.5) is 5.69 Å². The number of ether oxygens (including phenoxy) is 1. The fourth-order valence-electron chi connectivity index (χ4n) is 3.80. The van der Waals surface area contributed by atoms with Gasteiger partial charge in [-0.05, 0) is 55.8 Å². The van der Waals surface area contributed by atoms with Gasteiger partial charge in [0.15, 0.2) is 0 Å². The van der Waals surface area contributed by atoms with Crippen LogP contribution in [-0.4, -0.2) is 50.8 Å². The number of benzene rings is 1. The number of nitrogens with zero attached hydrogens (tertiary/aromatic N) is 2. The summed E-state index contributed by atoms with van der Waals surface area (Å²) in [5.41, 5.74) is 4.60. The molecule has 0 atom stereocenters. The average molecular weight is 316 g/mol. The van der Waals surface area contributed by atoms with Crippen LogP contribution < -0.4 is 4.90 Å². The van der Waals surface area contributed by atoms with Crippen molar-refractivity contribution in [1.29, 1.82) is 0 Å². The number of rotatable bonds is 7. The van der Waals surface area contributed by atoms with E-state index in [-0.39, 0.29) is 0 Å². The van der Waals surface area contributed by atoms with Crippen LogP contribution in [0.25, 0.3) is 0 Å². The minimum absolute atomic E-state index is 0.909. The summed E-state index contributed by atoms with van der Waals surface area (Å²) >= 11 is 0. The van der Waals surface area contributed by atoms with Gasteiger partial charge in [-0.15, -0.1) is 0 Å². The molecule has 2 aliphatic heterocycles. The second-order valence-corrected chi connectivity index (χ2v) is 6.96. The number of morpholine rings is 1. The van der Waals surface area contributed by atoms with Gasteiger partial charge in [0, 0.05) is 31.9 Å². The van der Waals surface area contributed by atoms with E-state index in [0.29, 0.717) is 0 Å². The van der Waals surface area contributed by atoms with Crippen LogP contribution in [0, 0.1) is 0 Å². The molecule has 0 unspecified atom stereocenters. The fourth-order valence-corrected chi connectivity index (χ4v) is 3.80. The molecule has 0 saturated carbocycles. The van der Waals surface area contributed by atoms with Gasteiger partial charge >= 0.3 is 0 Å². The number of anilines is 1. The Kier molecular flexibility index (Phi) is 6.35. The van der Waals surface area contributed by atoms with Crippen molar-refractivity contribution in [2.45, 2.75) is 45.4 Å². The van der Waals surface area contributed by atoms with Crippen LogP contribution in [0.3, 0.4) is 0 Å². The predicted octanol–water partition coefficient (Wildman–Crippen LogP) is 3.50. The number of hydrogen-bond acceptors (Lipinski definition) is 3. The van der Waals surface area contributed by atoms with Crippen molar-refractivity contribution in [3.8, 4) is 0 Å². The molecule has 0 amide bonds. The lowest BCUT2D eigenvalue weighted by atomic mass is 9.97. The first kappa shape index (κ1) is 16.8. The summed E-state index contributed by atoms with van der Waals surface area (Å²) in [6, 6.07) is 7.23.